The van der Waals surface area contributed by atoms with Crippen molar-refractivity contribution >= 4 is 11.9 Å². The molecule has 382 valence electrons. The van der Waals surface area contributed by atoms with Crippen LogP contribution in [-0.2, 0) is 25.6 Å². The minimum Gasteiger partial charge on any atom is -0.465 e. The van der Waals surface area contributed by atoms with Crippen LogP contribution in [-0.4, -0.2) is 59.2 Å². The lowest BCUT2D eigenvalue weighted by Crippen LogP contribution is -2.28. The molecule has 2 unspecified atom stereocenters. The number of hydrogen-bond acceptors (Lipinski definition) is 6. The number of rotatable bonds is 52. The van der Waals surface area contributed by atoms with Gasteiger partial charge in [0.1, 0.15) is 0 Å². The SMILES string of the molecule is CCCCCCCCCCC(CCCCCCCC)COC(=O)CCCCCN(CCCCCC(=O)OCC(CCCCCCCC)CCCCCCCCCC)CCCn1ccnc1. The van der Waals surface area contributed by atoms with Crippen LogP contribution in [0.5, 0.6) is 0 Å². The summed E-state index contributed by atoms with van der Waals surface area (Å²) >= 11 is 0. The molecule has 0 saturated carbocycles. The Morgan fingerprint density at radius 3 is 1.09 bits per heavy atom. The zero-order valence-electron chi connectivity index (χ0n) is 44.1. The highest BCUT2D eigenvalue weighted by atomic mass is 16.5. The van der Waals surface area contributed by atoms with Crippen molar-refractivity contribution in [1.29, 1.82) is 0 Å². The highest BCUT2D eigenvalue weighted by Gasteiger charge is 2.15. The predicted molar refractivity (Wildman–Crippen MR) is 280 cm³/mol. The first-order valence-electron chi connectivity index (χ1n) is 29.0. The Bertz CT molecular complexity index is 1050. The zero-order valence-corrected chi connectivity index (χ0v) is 44.1. The van der Waals surface area contributed by atoms with Gasteiger partial charge in [0, 0.05) is 31.8 Å². The normalized spacial score (nSPS) is 12.6. The maximum absolute atomic E-state index is 12.9. The lowest BCUT2D eigenvalue weighted by atomic mass is 9.94. The molecular formula is C58H111N3O4. The number of imidazole rings is 1. The van der Waals surface area contributed by atoms with Crippen molar-refractivity contribution in [1.82, 2.24) is 14.5 Å². The Labute approximate surface area is 404 Å². The van der Waals surface area contributed by atoms with Gasteiger partial charge in [-0.3, -0.25) is 9.59 Å². The van der Waals surface area contributed by atoms with Crippen molar-refractivity contribution < 1.29 is 19.1 Å². The number of carbonyl (C=O) groups is 2. The molecular weight excluding hydrogens is 803 g/mol. The number of esters is 2. The van der Waals surface area contributed by atoms with Gasteiger partial charge in [0.05, 0.1) is 19.5 Å². The molecule has 0 radical (unpaired) electrons. The number of ether oxygens (including phenoxy) is 2. The van der Waals surface area contributed by atoms with Gasteiger partial charge < -0.3 is 18.9 Å². The van der Waals surface area contributed by atoms with Crippen LogP contribution in [0, 0.1) is 11.8 Å². The number of unbranched alkanes of at least 4 members (excludes halogenated alkanes) is 28. The van der Waals surface area contributed by atoms with Gasteiger partial charge in [-0.25, -0.2) is 4.98 Å². The van der Waals surface area contributed by atoms with E-state index in [4.69, 9.17) is 9.47 Å². The van der Waals surface area contributed by atoms with Crippen molar-refractivity contribution in [3.63, 3.8) is 0 Å². The molecule has 0 aliphatic rings. The zero-order chi connectivity index (χ0) is 46.9. The van der Waals surface area contributed by atoms with Crippen LogP contribution >= 0.6 is 0 Å². The second-order valence-corrected chi connectivity index (χ2v) is 20.4. The predicted octanol–water partition coefficient (Wildman–Crippen LogP) is 17.6. The summed E-state index contributed by atoms with van der Waals surface area (Å²) in [6.07, 6.45) is 56.3. The lowest BCUT2D eigenvalue weighted by Gasteiger charge is -2.22. The Morgan fingerprint density at radius 2 is 0.754 bits per heavy atom. The van der Waals surface area contributed by atoms with Crippen LogP contribution in [0.2, 0.25) is 0 Å². The van der Waals surface area contributed by atoms with Gasteiger partial charge in [-0.1, -0.05) is 220 Å². The quantitative estimate of drug-likeness (QED) is 0.0479. The van der Waals surface area contributed by atoms with Crippen LogP contribution < -0.4 is 0 Å². The summed E-state index contributed by atoms with van der Waals surface area (Å²) < 4.78 is 14.0. The number of carbonyl (C=O) groups excluding carboxylic acids is 2. The first kappa shape index (κ1) is 61.1. The molecule has 0 fully saturated rings. The van der Waals surface area contributed by atoms with E-state index in [1.165, 1.54) is 205 Å². The average molecular weight is 915 g/mol. The van der Waals surface area contributed by atoms with Crippen LogP contribution in [0.15, 0.2) is 18.7 Å². The minimum absolute atomic E-state index is 0.00130. The molecule has 0 amide bonds. The fourth-order valence-corrected chi connectivity index (χ4v) is 9.54. The van der Waals surface area contributed by atoms with E-state index in [1.807, 2.05) is 18.7 Å². The van der Waals surface area contributed by atoms with Gasteiger partial charge in [-0.2, -0.15) is 0 Å². The molecule has 0 bridgehead atoms. The molecule has 7 nitrogen and oxygen atoms in total. The second kappa shape index (κ2) is 48.6. The van der Waals surface area contributed by atoms with Gasteiger partial charge in [-0.05, 0) is 89.3 Å². The molecule has 7 heteroatoms. The Kier molecular flexibility index (Phi) is 45.7. The van der Waals surface area contributed by atoms with E-state index in [1.54, 1.807) is 0 Å². The largest absolute Gasteiger partial charge is 0.465 e. The summed E-state index contributed by atoms with van der Waals surface area (Å²) in [5.74, 6) is 1.05. The van der Waals surface area contributed by atoms with E-state index in [9.17, 15) is 9.59 Å². The molecule has 65 heavy (non-hydrogen) atoms. The van der Waals surface area contributed by atoms with Crippen LogP contribution in [0.3, 0.4) is 0 Å². The maximum atomic E-state index is 12.9. The van der Waals surface area contributed by atoms with Crippen LogP contribution in [0.25, 0.3) is 0 Å². The monoisotopic (exact) mass is 914 g/mol. The maximum Gasteiger partial charge on any atom is 0.305 e. The van der Waals surface area contributed by atoms with E-state index >= 15 is 0 Å². The van der Waals surface area contributed by atoms with Crippen LogP contribution in [0.4, 0.5) is 0 Å². The van der Waals surface area contributed by atoms with E-state index in [-0.39, 0.29) is 11.9 Å². The molecule has 0 saturated heterocycles. The molecule has 0 aromatic carbocycles. The van der Waals surface area contributed by atoms with Gasteiger partial charge in [0.15, 0.2) is 0 Å². The standard InChI is InChI=1S/C58H111N3O4/c1-5-9-13-17-21-23-27-33-42-55(40-31-25-19-15-11-7-3)52-64-57(62)44-35-29-37-47-60(49-39-50-61-51-46-59-54-61)48-38-30-36-45-58(63)65-53-56(41-32-26-20-16-12-8-4)43-34-28-24-22-18-14-10-6-2/h46,51,54-56H,5-45,47-50,52-53H2,1-4H3. The summed E-state index contributed by atoms with van der Waals surface area (Å²) in [7, 11) is 0. The summed E-state index contributed by atoms with van der Waals surface area (Å²) in [5, 5.41) is 0. The highest BCUT2D eigenvalue weighted by molar-refractivity contribution is 5.69. The Balaban J connectivity index is 2.44. The molecule has 0 aliphatic heterocycles. The van der Waals surface area contributed by atoms with Gasteiger partial charge in [0.25, 0.3) is 0 Å². The first-order valence-corrected chi connectivity index (χ1v) is 29.0. The number of hydrogen-bond donors (Lipinski definition) is 0. The minimum atomic E-state index is 0.00130. The van der Waals surface area contributed by atoms with Crippen molar-refractivity contribution in [2.24, 2.45) is 11.8 Å². The third-order valence-electron chi connectivity index (χ3n) is 14.0. The smallest absolute Gasteiger partial charge is 0.305 e. The van der Waals surface area contributed by atoms with E-state index in [0.29, 0.717) is 37.9 Å². The van der Waals surface area contributed by atoms with Crippen LogP contribution in [0.1, 0.15) is 291 Å². The molecule has 0 aliphatic carbocycles. The van der Waals surface area contributed by atoms with Crippen molar-refractivity contribution in [2.75, 3.05) is 32.8 Å². The van der Waals surface area contributed by atoms with E-state index in [2.05, 4.69) is 42.1 Å². The Hall–Kier alpha value is -1.89. The average Bonchev–Trinajstić information content (AvgIpc) is 3.84. The molecule has 2 atom stereocenters. The fourth-order valence-electron chi connectivity index (χ4n) is 9.54. The summed E-state index contributed by atoms with van der Waals surface area (Å²) in [6.45, 7) is 14.5. The molecule has 1 heterocycles. The molecule has 0 spiro atoms. The van der Waals surface area contributed by atoms with E-state index in [0.717, 1.165) is 71.1 Å². The van der Waals surface area contributed by atoms with Crippen molar-refractivity contribution in [2.45, 2.75) is 297 Å². The number of aryl methyl sites for hydroxylation is 1. The Morgan fingerprint density at radius 1 is 0.431 bits per heavy atom. The summed E-state index contributed by atoms with van der Waals surface area (Å²) in [5.41, 5.74) is 0. The summed E-state index contributed by atoms with van der Waals surface area (Å²) in [4.78, 5) is 32.6. The summed E-state index contributed by atoms with van der Waals surface area (Å²) in [6, 6.07) is 0. The molecule has 1 aromatic rings. The molecule has 0 N–H and O–H groups in total. The molecule has 1 aromatic heterocycles. The lowest BCUT2D eigenvalue weighted by molar-refractivity contribution is -0.146. The third-order valence-corrected chi connectivity index (χ3v) is 14.0. The van der Waals surface area contributed by atoms with Gasteiger partial charge >= 0.3 is 11.9 Å². The highest BCUT2D eigenvalue weighted by Crippen LogP contribution is 2.22. The number of nitrogens with zero attached hydrogens (tertiary/aromatic N) is 3. The van der Waals surface area contributed by atoms with E-state index < -0.39 is 0 Å². The van der Waals surface area contributed by atoms with Crippen molar-refractivity contribution in [3.8, 4) is 0 Å². The van der Waals surface area contributed by atoms with Crippen molar-refractivity contribution in [3.05, 3.63) is 18.7 Å². The first-order chi connectivity index (χ1) is 32.0. The number of aromatic nitrogens is 2. The van der Waals surface area contributed by atoms with Gasteiger partial charge in [0.2, 0.25) is 0 Å². The fraction of sp³-hybridized carbons (Fsp3) is 0.914. The third kappa shape index (κ3) is 42.0. The second-order valence-electron chi connectivity index (χ2n) is 20.4. The molecule has 1 rings (SSSR count). The topological polar surface area (TPSA) is 73.7 Å². The van der Waals surface area contributed by atoms with Gasteiger partial charge in [-0.15, -0.1) is 0 Å².